The lowest BCUT2D eigenvalue weighted by Crippen LogP contribution is -2.12. The van der Waals surface area contributed by atoms with Crippen molar-refractivity contribution in [3.63, 3.8) is 0 Å². The number of anilines is 1. The molecule has 1 aromatic carbocycles. The number of benzene rings is 1. The summed E-state index contributed by atoms with van der Waals surface area (Å²) in [5.74, 6) is -0.994. The number of rotatable bonds is 3. The monoisotopic (exact) mass is 313 g/mol. The number of halogens is 3. The van der Waals surface area contributed by atoms with Crippen molar-refractivity contribution in [2.75, 3.05) is 12.4 Å². The van der Waals surface area contributed by atoms with Gasteiger partial charge in [-0.15, -0.1) is 0 Å². The first-order valence-electron chi connectivity index (χ1n) is 6.19. The minimum absolute atomic E-state index is 0.143. The van der Waals surface area contributed by atoms with E-state index >= 15 is 0 Å². The van der Waals surface area contributed by atoms with E-state index < -0.39 is 12.0 Å². The Hall–Kier alpha value is -1.76. The van der Waals surface area contributed by atoms with Gasteiger partial charge >= 0.3 is 6.18 Å². The summed E-state index contributed by atoms with van der Waals surface area (Å²) >= 11 is 1.19. The molecule has 0 aliphatic rings. The van der Waals surface area contributed by atoms with Crippen LogP contribution in [0.2, 0.25) is 0 Å². The second-order valence-corrected chi connectivity index (χ2v) is 5.60. The maximum absolute atomic E-state index is 12.8. The van der Waals surface area contributed by atoms with Crippen molar-refractivity contribution in [2.24, 2.45) is 0 Å². The third-order valence-electron chi connectivity index (χ3n) is 2.76. The Morgan fingerprint density at radius 3 is 2.38 bits per heavy atom. The molecule has 7 heteroatoms. The van der Waals surface area contributed by atoms with Crippen LogP contribution in [0.25, 0.3) is 0 Å². The Bertz CT molecular complexity index is 656. The first-order chi connectivity index (χ1) is 9.79. The summed E-state index contributed by atoms with van der Waals surface area (Å²) in [7, 11) is 1.52. The Labute approximate surface area is 125 Å². The van der Waals surface area contributed by atoms with Gasteiger partial charge in [-0.05, 0) is 25.5 Å². The van der Waals surface area contributed by atoms with Crippen molar-refractivity contribution in [3.05, 3.63) is 41.2 Å². The molecule has 0 atom stereocenters. The van der Waals surface area contributed by atoms with Crippen LogP contribution in [0.15, 0.2) is 34.2 Å². The van der Waals surface area contributed by atoms with Crippen LogP contribution in [0.5, 0.6) is 0 Å². The van der Waals surface area contributed by atoms with Crippen LogP contribution >= 0.6 is 11.8 Å². The first kappa shape index (κ1) is 15.6. The zero-order chi connectivity index (χ0) is 15.6. The summed E-state index contributed by atoms with van der Waals surface area (Å²) in [6.07, 6.45) is -4.56. The van der Waals surface area contributed by atoms with E-state index in [1.54, 1.807) is 0 Å². The molecule has 0 fully saturated rings. The number of alkyl halides is 3. The van der Waals surface area contributed by atoms with Gasteiger partial charge in [-0.2, -0.15) is 13.2 Å². The van der Waals surface area contributed by atoms with E-state index in [1.165, 1.54) is 24.9 Å². The fraction of sp³-hybridized carbons (Fsp3) is 0.286. The van der Waals surface area contributed by atoms with E-state index in [1.807, 2.05) is 32.0 Å². The van der Waals surface area contributed by atoms with Gasteiger partial charge in [0.25, 0.3) is 0 Å². The largest absolute Gasteiger partial charge is 0.451 e. The van der Waals surface area contributed by atoms with Gasteiger partial charge in [0.2, 0.25) is 5.82 Å². The Balaban J connectivity index is 2.39. The smallest absolute Gasteiger partial charge is 0.373 e. The van der Waals surface area contributed by atoms with Gasteiger partial charge in [-0.25, -0.2) is 9.97 Å². The molecular weight excluding hydrogens is 299 g/mol. The number of nitrogens with zero attached hydrogens (tertiary/aromatic N) is 2. The van der Waals surface area contributed by atoms with Crippen molar-refractivity contribution in [2.45, 2.75) is 29.9 Å². The minimum atomic E-state index is -4.56. The summed E-state index contributed by atoms with van der Waals surface area (Å²) in [6.45, 7) is 3.88. The number of aryl methyl sites for hydroxylation is 2. The molecule has 0 saturated heterocycles. The Morgan fingerprint density at radius 2 is 1.81 bits per heavy atom. The zero-order valence-corrected chi connectivity index (χ0v) is 12.6. The minimum Gasteiger partial charge on any atom is -0.373 e. The quantitative estimate of drug-likeness (QED) is 0.857. The molecule has 2 rings (SSSR count). The molecule has 3 nitrogen and oxygen atoms in total. The van der Waals surface area contributed by atoms with E-state index in [0.29, 0.717) is 0 Å². The van der Waals surface area contributed by atoms with E-state index in [9.17, 15) is 13.2 Å². The van der Waals surface area contributed by atoms with Crippen molar-refractivity contribution in [1.29, 1.82) is 0 Å². The summed E-state index contributed by atoms with van der Waals surface area (Å²) in [6, 6.07) is 7.27. The third kappa shape index (κ3) is 3.87. The fourth-order valence-corrected chi connectivity index (χ4v) is 2.64. The lowest BCUT2D eigenvalue weighted by Gasteiger charge is -2.11. The topological polar surface area (TPSA) is 37.8 Å². The fourth-order valence-electron chi connectivity index (χ4n) is 1.76. The number of nitrogens with one attached hydrogen (secondary N) is 1. The summed E-state index contributed by atoms with van der Waals surface area (Å²) in [5.41, 5.74) is 2.10. The maximum Gasteiger partial charge on any atom is 0.451 e. The van der Waals surface area contributed by atoms with E-state index in [2.05, 4.69) is 15.3 Å². The average Bonchev–Trinajstić information content (AvgIpc) is 2.40. The van der Waals surface area contributed by atoms with E-state index in [-0.39, 0.29) is 10.8 Å². The van der Waals surface area contributed by atoms with Gasteiger partial charge in [0.15, 0.2) is 0 Å². The predicted molar refractivity (Wildman–Crippen MR) is 76.6 cm³/mol. The molecule has 0 bridgehead atoms. The summed E-state index contributed by atoms with van der Waals surface area (Å²) < 4.78 is 38.4. The van der Waals surface area contributed by atoms with Gasteiger partial charge in [0.05, 0.1) is 0 Å². The van der Waals surface area contributed by atoms with Gasteiger partial charge in [0, 0.05) is 18.0 Å². The normalized spacial score (nSPS) is 11.5. The molecule has 21 heavy (non-hydrogen) atoms. The molecule has 2 aromatic rings. The van der Waals surface area contributed by atoms with Crippen molar-refractivity contribution in [1.82, 2.24) is 9.97 Å². The van der Waals surface area contributed by atoms with Gasteiger partial charge in [-0.1, -0.05) is 29.5 Å². The van der Waals surface area contributed by atoms with Gasteiger partial charge in [0.1, 0.15) is 10.8 Å². The lowest BCUT2D eigenvalue weighted by atomic mass is 10.2. The van der Waals surface area contributed by atoms with Gasteiger partial charge < -0.3 is 5.32 Å². The van der Waals surface area contributed by atoms with Crippen LogP contribution in [-0.4, -0.2) is 17.0 Å². The third-order valence-corrected chi connectivity index (χ3v) is 3.85. The predicted octanol–water partition coefficient (Wildman–Crippen LogP) is 4.31. The number of hydrogen-bond acceptors (Lipinski definition) is 4. The molecule has 0 unspecified atom stereocenters. The highest BCUT2D eigenvalue weighted by Gasteiger charge is 2.35. The average molecular weight is 313 g/mol. The second-order valence-electron chi connectivity index (χ2n) is 4.53. The van der Waals surface area contributed by atoms with Crippen LogP contribution in [0.4, 0.5) is 19.0 Å². The molecule has 1 aromatic heterocycles. The highest BCUT2D eigenvalue weighted by molar-refractivity contribution is 7.99. The second kappa shape index (κ2) is 5.93. The van der Waals surface area contributed by atoms with Crippen molar-refractivity contribution in [3.8, 4) is 0 Å². The van der Waals surface area contributed by atoms with Gasteiger partial charge in [-0.3, -0.25) is 0 Å². The molecular formula is C14H14F3N3S. The van der Waals surface area contributed by atoms with Crippen LogP contribution in [-0.2, 0) is 6.18 Å². The SMILES string of the molecule is CNc1cc(Sc2ccc(C)cc2C)nc(C(F)(F)F)n1. The Morgan fingerprint density at radius 1 is 1.10 bits per heavy atom. The molecule has 0 spiro atoms. The number of aromatic nitrogens is 2. The summed E-state index contributed by atoms with van der Waals surface area (Å²) in [4.78, 5) is 7.91. The molecule has 0 amide bonds. The molecule has 0 aliphatic carbocycles. The zero-order valence-electron chi connectivity index (χ0n) is 11.7. The number of hydrogen-bond donors (Lipinski definition) is 1. The van der Waals surface area contributed by atoms with Crippen molar-refractivity contribution >= 4 is 17.6 Å². The molecule has 0 saturated carbocycles. The highest BCUT2D eigenvalue weighted by Crippen LogP contribution is 2.33. The van der Waals surface area contributed by atoms with E-state index in [0.717, 1.165) is 16.0 Å². The molecule has 112 valence electrons. The first-order valence-corrected chi connectivity index (χ1v) is 7.00. The Kier molecular flexibility index (Phi) is 4.41. The molecule has 0 aliphatic heterocycles. The van der Waals surface area contributed by atoms with Crippen molar-refractivity contribution < 1.29 is 13.2 Å². The van der Waals surface area contributed by atoms with Crippen LogP contribution in [0.1, 0.15) is 17.0 Å². The summed E-state index contributed by atoms with van der Waals surface area (Å²) in [5, 5.41) is 2.88. The standard InChI is InChI=1S/C14H14F3N3S/c1-8-4-5-10(9(2)6-8)21-12-7-11(18-3)19-13(20-12)14(15,16)17/h4-7H,1-3H3,(H,18,19,20). The molecule has 0 radical (unpaired) electrons. The lowest BCUT2D eigenvalue weighted by molar-refractivity contribution is -0.145. The van der Waals surface area contributed by atoms with Crippen LogP contribution in [0.3, 0.4) is 0 Å². The van der Waals surface area contributed by atoms with E-state index in [4.69, 9.17) is 0 Å². The maximum atomic E-state index is 12.8. The van der Waals surface area contributed by atoms with Crippen LogP contribution < -0.4 is 5.32 Å². The van der Waals surface area contributed by atoms with Crippen LogP contribution in [0, 0.1) is 13.8 Å². The molecule has 1 N–H and O–H groups in total. The molecule has 1 heterocycles. The highest BCUT2D eigenvalue weighted by atomic mass is 32.2.